The molecule has 11 heavy (non-hydrogen) atoms. The number of nitrogens with one attached hydrogen (secondary N) is 1. The van der Waals surface area contributed by atoms with Crippen molar-refractivity contribution in [1.82, 2.24) is 5.32 Å². The molecule has 2 rings (SSSR count). The zero-order chi connectivity index (χ0) is 8.11. The van der Waals surface area contributed by atoms with Gasteiger partial charge in [0.2, 0.25) is 0 Å². The van der Waals surface area contributed by atoms with Gasteiger partial charge in [0.25, 0.3) is 0 Å². The second-order valence-corrected chi connectivity index (χ2v) is 4.93. The predicted molar refractivity (Wildman–Crippen MR) is 47.5 cm³/mol. The lowest BCUT2D eigenvalue weighted by Crippen LogP contribution is -2.58. The van der Waals surface area contributed by atoms with Gasteiger partial charge in [-0.3, -0.25) is 0 Å². The molecule has 0 aromatic carbocycles. The Morgan fingerprint density at radius 3 is 2.09 bits per heavy atom. The number of rotatable bonds is 2. The van der Waals surface area contributed by atoms with Crippen LogP contribution >= 0.6 is 0 Å². The van der Waals surface area contributed by atoms with Crippen LogP contribution in [0, 0.1) is 11.3 Å². The molecule has 0 amide bonds. The third-order valence-electron chi connectivity index (χ3n) is 3.86. The summed E-state index contributed by atoms with van der Waals surface area (Å²) in [6.45, 7) is 8.37. The highest BCUT2D eigenvalue weighted by Gasteiger charge is 2.58. The van der Waals surface area contributed by atoms with Gasteiger partial charge in [0.1, 0.15) is 0 Å². The molecule has 1 heterocycles. The maximum Gasteiger partial charge on any atom is 0.0224 e. The molecular weight excluding hydrogens is 134 g/mol. The molecule has 1 saturated heterocycles. The van der Waals surface area contributed by atoms with Crippen LogP contribution in [0.25, 0.3) is 0 Å². The predicted octanol–water partition coefficient (Wildman–Crippen LogP) is 2.17. The monoisotopic (exact) mass is 153 g/mol. The van der Waals surface area contributed by atoms with Crippen LogP contribution in [0.5, 0.6) is 0 Å². The van der Waals surface area contributed by atoms with E-state index in [1.165, 1.54) is 25.8 Å². The lowest BCUT2D eigenvalue weighted by Gasteiger charge is -2.44. The van der Waals surface area contributed by atoms with E-state index >= 15 is 0 Å². The fourth-order valence-corrected chi connectivity index (χ4v) is 2.70. The molecule has 2 aliphatic rings. The molecule has 1 N–H and O–H groups in total. The molecule has 2 atom stereocenters. The number of hydrogen-bond acceptors (Lipinski definition) is 1. The van der Waals surface area contributed by atoms with Gasteiger partial charge in [0.15, 0.2) is 0 Å². The fourth-order valence-electron chi connectivity index (χ4n) is 2.70. The molecule has 0 spiro atoms. The Morgan fingerprint density at radius 2 is 2.00 bits per heavy atom. The highest BCUT2D eigenvalue weighted by molar-refractivity contribution is 5.13. The highest BCUT2D eigenvalue weighted by Crippen LogP contribution is 2.60. The van der Waals surface area contributed by atoms with Crippen molar-refractivity contribution in [2.24, 2.45) is 11.3 Å². The smallest absolute Gasteiger partial charge is 0.0224 e. The van der Waals surface area contributed by atoms with E-state index in [0.29, 0.717) is 11.0 Å². The van der Waals surface area contributed by atoms with Gasteiger partial charge in [-0.2, -0.15) is 0 Å². The fraction of sp³-hybridized carbons (Fsp3) is 1.00. The van der Waals surface area contributed by atoms with E-state index in [1.54, 1.807) is 0 Å². The van der Waals surface area contributed by atoms with E-state index in [0.717, 1.165) is 5.92 Å². The minimum Gasteiger partial charge on any atom is -0.311 e. The van der Waals surface area contributed by atoms with Gasteiger partial charge in [-0.05, 0) is 37.1 Å². The summed E-state index contributed by atoms with van der Waals surface area (Å²) in [5.74, 6) is 0.966. The van der Waals surface area contributed by atoms with Gasteiger partial charge in [0, 0.05) is 5.54 Å². The average Bonchev–Trinajstić information content (AvgIpc) is 2.40. The second-order valence-electron chi connectivity index (χ2n) is 4.93. The number of hydrogen-bond donors (Lipinski definition) is 1. The summed E-state index contributed by atoms with van der Waals surface area (Å²) >= 11 is 0. The molecule has 1 heteroatoms. The first kappa shape index (κ1) is 7.60. The Kier molecular flexibility index (Phi) is 1.39. The van der Waals surface area contributed by atoms with Crippen LogP contribution in [0.1, 0.15) is 40.0 Å². The van der Waals surface area contributed by atoms with Crippen LogP contribution in [0.4, 0.5) is 0 Å². The van der Waals surface area contributed by atoms with Gasteiger partial charge in [0.05, 0.1) is 0 Å². The Labute approximate surface area is 69.6 Å². The molecule has 0 radical (unpaired) electrons. The summed E-state index contributed by atoms with van der Waals surface area (Å²) in [7, 11) is 0. The van der Waals surface area contributed by atoms with Crippen LogP contribution in [-0.2, 0) is 0 Å². The molecule has 0 aromatic heterocycles. The van der Waals surface area contributed by atoms with Crippen molar-refractivity contribution in [1.29, 1.82) is 0 Å². The van der Waals surface area contributed by atoms with Crippen molar-refractivity contribution < 1.29 is 0 Å². The van der Waals surface area contributed by atoms with Gasteiger partial charge in [-0.25, -0.2) is 0 Å². The molecule has 0 aromatic rings. The molecule has 2 fully saturated rings. The normalized spacial score (nSPS) is 46.6. The lowest BCUT2D eigenvalue weighted by molar-refractivity contribution is 0.148. The van der Waals surface area contributed by atoms with E-state index in [-0.39, 0.29) is 0 Å². The Morgan fingerprint density at radius 1 is 1.45 bits per heavy atom. The first-order valence-electron chi connectivity index (χ1n) is 4.86. The van der Waals surface area contributed by atoms with Gasteiger partial charge < -0.3 is 5.32 Å². The van der Waals surface area contributed by atoms with Crippen molar-refractivity contribution in [3.8, 4) is 0 Å². The van der Waals surface area contributed by atoms with Gasteiger partial charge >= 0.3 is 0 Å². The summed E-state index contributed by atoms with van der Waals surface area (Å²) in [5.41, 5.74) is 1.20. The molecule has 1 aliphatic heterocycles. The first-order chi connectivity index (χ1) is 5.11. The van der Waals surface area contributed by atoms with E-state index < -0.39 is 0 Å². The quantitative estimate of drug-likeness (QED) is 0.641. The molecular formula is C10H19N. The minimum atomic E-state index is 0.559. The largest absolute Gasteiger partial charge is 0.311 e. The summed E-state index contributed by atoms with van der Waals surface area (Å²) < 4.78 is 0. The third-order valence-corrected chi connectivity index (χ3v) is 3.86. The third kappa shape index (κ3) is 0.936. The van der Waals surface area contributed by atoms with Crippen molar-refractivity contribution in [3.63, 3.8) is 0 Å². The average molecular weight is 153 g/mol. The standard InChI is InChI=1S/C10H19N/c1-4-10(5-6-11-10)8-7-9(8,2)3/h8,11H,4-7H2,1-3H3. The van der Waals surface area contributed by atoms with Crippen molar-refractivity contribution in [2.45, 2.75) is 45.6 Å². The van der Waals surface area contributed by atoms with Gasteiger partial charge in [-0.15, -0.1) is 0 Å². The molecule has 1 aliphatic carbocycles. The van der Waals surface area contributed by atoms with E-state index in [9.17, 15) is 0 Å². The van der Waals surface area contributed by atoms with Crippen LogP contribution in [-0.4, -0.2) is 12.1 Å². The summed E-state index contributed by atoms with van der Waals surface area (Å²) in [5, 5.41) is 3.63. The lowest BCUT2D eigenvalue weighted by atomic mass is 9.78. The van der Waals surface area contributed by atoms with Crippen LogP contribution in [0.2, 0.25) is 0 Å². The zero-order valence-electron chi connectivity index (χ0n) is 7.91. The summed E-state index contributed by atoms with van der Waals surface area (Å²) in [6, 6.07) is 0. The molecule has 0 bridgehead atoms. The van der Waals surface area contributed by atoms with Crippen LogP contribution in [0.15, 0.2) is 0 Å². The minimum absolute atomic E-state index is 0.559. The Bertz CT molecular complexity index is 162. The summed E-state index contributed by atoms with van der Waals surface area (Å²) in [4.78, 5) is 0. The second kappa shape index (κ2) is 2.01. The van der Waals surface area contributed by atoms with Crippen molar-refractivity contribution in [2.75, 3.05) is 6.54 Å². The van der Waals surface area contributed by atoms with Crippen LogP contribution < -0.4 is 5.32 Å². The zero-order valence-corrected chi connectivity index (χ0v) is 7.91. The highest BCUT2D eigenvalue weighted by atomic mass is 15.1. The SMILES string of the molecule is CCC1(C2CC2(C)C)CCN1. The summed E-state index contributed by atoms with van der Waals surface area (Å²) in [6.07, 6.45) is 4.17. The molecule has 2 unspecified atom stereocenters. The molecule has 1 nitrogen and oxygen atoms in total. The maximum atomic E-state index is 3.63. The first-order valence-corrected chi connectivity index (χ1v) is 4.86. The maximum absolute atomic E-state index is 3.63. The Balaban J connectivity index is 2.04. The Hall–Kier alpha value is -0.0400. The van der Waals surface area contributed by atoms with Crippen molar-refractivity contribution >= 4 is 0 Å². The van der Waals surface area contributed by atoms with Crippen molar-refractivity contribution in [3.05, 3.63) is 0 Å². The topological polar surface area (TPSA) is 12.0 Å². The van der Waals surface area contributed by atoms with E-state index in [4.69, 9.17) is 0 Å². The molecule has 1 saturated carbocycles. The van der Waals surface area contributed by atoms with Crippen LogP contribution in [0.3, 0.4) is 0 Å². The molecule has 64 valence electrons. The van der Waals surface area contributed by atoms with E-state index in [2.05, 4.69) is 26.1 Å². The van der Waals surface area contributed by atoms with E-state index in [1.807, 2.05) is 0 Å². The van der Waals surface area contributed by atoms with Gasteiger partial charge in [-0.1, -0.05) is 20.8 Å².